The van der Waals surface area contributed by atoms with Gasteiger partial charge in [0, 0.05) is 18.1 Å². The second-order valence-corrected chi connectivity index (χ2v) is 7.70. The van der Waals surface area contributed by atoms with E-state index in [1.807, 2.05) is 50.2 Å². The van der Waals surface area contributed by atoms with Crippen LogP contribution in [0.4, 0.5) is 11.5 Å². The van der Waals surface area contributed by atoms with Gasteiger partial charge in [-0.25, -0.2) is 4.98 Å². The molecular weight excluding hydrogens is 406 g/mol. The van der Waals surface area contributed by atoms with Crippen molar-refractivity contribution in [3.05, 3.63) is 77.2 Å². The SMILES string of the molecule is COc1ccc(CN2C(=O)CNc3ncc(C(=O)NC(C)c4ccc(C)nc4)cc32)cc1. The van der Waals surface area contributed by atoms with Crippen molar-refractivity contribution in [3.63, 3.8) is 0 Å². The first-order valence-corrected chi connectivity index (χ1v) is 10.3. The number of carbonyl (C=O) groups is 2. The Bertz CT molecular complexity index is 1130. The lowest BCUT2D eigenvalue weighted by atomic mass is 10.1. The van der Waals surface area contributed by atoms with E-state index in [0.29, 0.717) is 23.6 Å². The lowest BCUT2D eigenvalue weighted by Gasteiger charge is -2.30. The molecule has 32 heavy (non-hydrogen) atoms. The van der Waals surface area contributed by atoms with Crippen LogP contribution in [0.5, 0.6) is 5.75 Å². The van der Waals surface area contributed by atoms with Crippen LogP contribution in [0.25, 0.3) is 0 Å². The zero-order valence-electron chi connectivity index (χ0n) is 18.3. The minimum absolute atomic E-state index is 0.0909. The number of methoxy groups -OCH3 is 1. The van der Waals surface area contributed by atoms with Gasteiger partial charge in [-0.05, 0) is 49.2 Å². The summed E-state index contributed by atoms with van der Waals surface area (Å²) >= 11 is 0. The van der Waals surface area contributed by atoms with Crippen molar-refractivity contribution >= 4 is 23.3 Å². The first-order chi connectivity index (χ1) is 15.4. The Hall–Kier alpha value is -3.94. The highest BCUT2D eigenvalue weighted by molar-refractivity contribution is 6.04. The number of ether oxygens (including phenoxy) is 1. The molecule has 3 aromatic rings. The summed E-state index contributed by atoms with van der Waals surface area (Å²) in [5.41, 5.74) is 3.73. The van der Waals surface area contributed by atoms with Gasteiger partial charge >= 0.3 is 0 Å². The van der Waals surface area contributed by atoms with Crippen molar-refractivity contribution in [2.24, 2.45) is 0 Å². The van der Waals surface area contributed by atoms with Crippen LogP contribution in [-0.4, -0.2) is 35.4 Å². The number of benzene rings is 1. The predicted molar refractivity (Wildman–Crippen MR) is 122 cm³/mol. The molecule has 2 amide bonds. The predicted octanol–water partition coefficient (Wildman–Crippen LogP) is 3.24. The molecule has 0 fully saturated rings. The Kier molecular flexibility index (Phi) is 6.02. The molecule has 4 rings (SSSR count). The van der Waals surface area contributed by atoms with E-state index in [2.05, 4.69) is 20.6 Å². The number of nitrogens with zero attached hydrogens (tertiary/aromatic N) is 3. The molecule has 3 heterocycles. The van der Waals surface area contributed by atoms with Gasteiger partial charge in [-0.3, -0.25) is 14.6 Å². The molecule has 1 unspecified atom stereocenters. The van der Waals surface area contributed by atoms with Crippen LogP contribution >= 0.6 is 0 Å². The number of carbonyl (C=O) groups excluding carboxylic acids is 2. The largest absolute Gasteiger partial charge is 0.497 e. The molecule has 0 radical (unpaired) electrons. The number of aromatic nitrogens is 2. The van der Waals surface area contributed by atoms with E-state index in [1.54, 1.807) is 24.3 Å². The number of nitrogens with one attached hydrogen (secondary N) is 2. The van der Waals surface area contributed by atoms with Gasteiger partial charge < -0.3 is 20.3 Å². The smallest absolute Gasteiger partial charge is 0.253 e. The summed E-state index contributed by atoms with van der Waals surface area (Å²) < 4.78 is 5.20. The van der Waals surface area contributed by atoms with Gasteiger partial charge in [0.2, 0.25) is 5.91 Å². The zero-order chi connectivity index (χ0) is 22.7. The normalized spacial score (nSPS) is 13.7. The average Bonchev–Trinajstić information content (AvgIpc) is 2.81. The summed E-state index contributed by atoms with van der Waals surface area (Å²) in [6.45, 7) is 4.34. The molecule has 1 aromatic carbocycles. The van der Waals surface area contributed by atoms with E-state index in [4.69, 9.17) is 4.74 Å². The van der Waals surface area contributed by atoms with Crippen molar-refractivity contribution in [2.75, 3.05) is 23.9 Å². The Morgan fingerprint density at radius 2 is 1.97 bits per heavy atom. The number of aryl methyl sites for hydroxylation is 1. The highest BCUT2D eigenvalue weighted by atomic mass is 16.5. The maximum absolute atomic E-state index is 12.9. The Labute approximate surface area is 186 Å². The monoisotopic (exact) mass is 431 g/mol. The molecule has 1 aliphatic heterocycles. The van der Waals surface area contributed by atoms with Crippen LogP contribution < -0.4 is 20.3 Å². The fourth-order valence-electron chi connectivity index (χ4n) is 3.49. The molecule has 2 N–H and O–H groups in total. The Morgan fingerprint density at radius 3 is 2.66 bits per heavy atom. The van der Waals surface area contributed by atoms with E-state index in [-0.39, 0.29) is 24.4 Å². The molecule has 8 heteroatoms. The highest BCUT2D eigenvalue weighted by Gasteiger charge is 2.26. The molecule has 8 nitrogen and oxygen atoms in total. The van der Waals surface area contributed by atoms with Gasteiger partial charge in [0.25, 0.3) is 5.91 Å². The van der Waals surface area contributed by atoms with E-state index in [9.17, 15) is 9.59 Å². The lowest BCUT2D eigenvalue weighted by Crippen LogP contribution is -2.40. The molecule has 0 spiro atoms. The van der Waals surface area contributed by atoms with Crippen LogP contribution in [0.1, 0.15) is 40.1 Å². The van der Waals surface area contributed by atoms with Crippen molar-refractivity contribution < 1.29 is 14.3 Å². The standard InChI is InChI=1S/C24H25N5O3/c1-15-4-7-18(11-25-15)16(2)28-24(31)19-10-21-23(26-12-19)27-13-22(30)29(21)14-17-5-8-20(32-3)9-6-17/h4-12,16H,13-14H2,1-3H3,(H,26,27)(H,28,31). The van der Waals surface area contributed by atoms with E-state index in [1.165, 1.54) is 6.20 Å². The quantitative estimate of drug-likeness (QED) is 0.622. The third kappa shape index (κ3) is 4.54. The van der Waals surface area contributed by atoms with Gasteiger partial charge in [-0.1, -0.05) is 18.2 Å². The molecule has 164 valence electrons. The number of fused-ring (bicyclic) bond motifs is 1. The fourth-order valence-corrected chi connectivity index (χ4v) is 3.49. The number of hydrogen-bond donors (Lipinski definition) is 2. The molecule has 0 aliphatic carbocycles. The maximum Gasteiger partial charge on any atom is 0.253 e. The number of hydrogen-bond acceptors (Lipinski definition) is 6. The maximum atomic E-state index is 12.9. The van der Waals surface area contributed by atoms with Crippen LogP contribution in [0, 0.1) is 6.92 Å². The van der Waals surface area contributed by atoms with Crippen molar-refractivity contribution in [1.29, 1.82) is 0 Å². The van der Waals surface area contributed by atoms with Gasteiger partial charge in [0.1, 0.15) is 5.75 Å². The summed E-state index contributed by atoms with van der Waals surface area (Å²) in [6.07, 6.45) is 3.27. The number of anilines is 2. The molecule has 1 aliphatic rings. The van der Waals surface area contributed by atoms with Crippen LogP contribution in [0.2, 0.25) is 0 Å². The summed E-state index contributed by atoms with van der Waals surface area (Å²) in [6, 6.07) is 12.9. The topological polar surface area (TPSA) is 96.5 Å². The number of rotatable bonds is 6. The second kappa shape index (κ2) is 9.05. The first-order valence-electron chi connectivity index (χ1n) is 10.3. The van der Waals surface area contributed by atoms with Crippen molar-refractivity contribution in [1.82, 2.24) is 15.3 Å². The minimum Gasteiger partial charge on any atom is -0.497 e. The molecule has 0 bridgehead atoms. The second-order valence-electron chi connectivity index (χ2n) is 7.70. The van der Waals surface area contributed by atoms with Crippen LogP contribution in [0.3, 0.4) is 0 Å². The minimum atomic E-state index is -0.268. The van der Waals surface area contributed by atoms with Gasteiger partial charge in [-0.2, -0.15) is 0 Å². The summed E-state index contributed by atoms with van der Waals surface area (Å²) in [7, 11) is 1.61. The van der Waals surface area contributed by atoms with Gasteiger partial charge in [0.05, 0.1) is 37.5 Å². The highest BCUT2D eigenvalue weighted by Crippen LogP contribution is 2.30. The summed E-state index contributed by atoms with van der Waals surface area (Å²) in [5, 5.41) is 5.99. The van der Waals surface area contributed by atoms with Crippen LogP contribution in [0.15, 0.2) is 54.9 Å². The number of amides is 2. The van der Waals surface area contributed by atoms with Crippen molar-refractivity contribution in [2.45, 2.75) is 26.4 Å². The third-order valence-electron chi connectivity index (χ3n) is 5.41. The van der Waals surface area contributed by atoms with Crippen LogP contribution in [-0.2, 0) is 11.3 Å². The lowest BCUT2D eigenvalue weighted by molar-refractivity contribution is -0.117. The average molecular weight is 431 g/mol. The third-order valence-corrected chi connectivity index (χ3v) is 5.41. The van der Waals surface area contributed by atoms with Gasteiger partial charge in [0.15, 0.2) is 5.82 Å². The Morgan fingerprint density at radius 1 is 1.19 bits per heavy atom. The van der Waals surface area contributed by atoms with E-state index < -0.39 is 0 Å². The molecule has 2 aromatic heterocycles. The summed E-state index contributed by atoms with van der Waals surface area (Å²) in [5.74, 6) is 0.965. The molecule has 0 saturated heterocycles. The summed E-state index contributed by atoms with van der Waals surface area (Å²) in [4.78, 5) is 35.9. The zero-order valence-corrected chi connectivity index (χ0v) is 18.3. The van der Waals surface area contributed by atoms with Crippen molar-refractivity contribution in [3.8, 4) is 5.75 Å². The number of pyridine rings is 2. The van der Waals surface area contributed by atoms with E-state index in [0.717, 1.165) is 22.6 Å². The fraction of sp³-hybridized carbons (Fsp3) is 0.250. The van der Waals surface area contributed by atoms with Gasteiger partial charge in [-0.15, -0.1) is 0 Å². The Balaban J connectivity index is 1.55. The first kappa shape index (κ1) is 21.3. The van der Waals surface area contributed by atoms with E-state index >= 15 is 0 Å². The molecule has 1 atom stereocenters. The molecular formula is C24H25N5O3. The molecule has 0 saturated carbocycles.